The van der Waals surface area contributed by atoms with Gasteiger partial charge in [-0.25, -0.2) is 9.97 Å². The fraction of sp³-hybridized carbons (Fsp3) is 0.227. The summed E-state index contributed by atoms with van der Waals surface area (Å²) < 4.78 is 0. The summed E-state index contributed by atoms with van der Waals surface area (Å²) in [6.45, 7) is 7.69. The Kier molecular flexibility index (Phi) is 7.21. The van der Waals surface area contributed by atoms with Gasteiger partial charge in [0.15, 0.2) is 0 Å². The summed E-state index contributed by atoms with van der Waals surface area (Å²) in [4.78, 5) is 33.8. The third-order valence-corrected chi connectivity index (χ3v) is 5.05. The van der Waals surface area contributed by atoms with Gasteiger partial charge >= 0.3 is 0 Å². The lowest BCUT2D eigenvalue weighted by Gasteiger charge is -2.20. The van der Waals surface area contributed by atoms with Gasteiger partial charge in [-0.05, 0) is 51.1 Å². The minimum Gasteiger partial charge on any atom is -0.357 e. The van der Waals surface area contributed by atoms with Crippen LogP contribution in [0, 0.1) is 17.0 Å². The number of aromatic nitrogens is 2. The lowest BCUT2D eigenvalue weighted by molar-refractivity contribution is -0.384. The largest absolute Gasteiger partial charge is 0.357 e. The maximum Gasteiger partial charge on any atom is 0.270 e. The van der Waals surface area contributed by atoms with Crippen LogP contribution in [-0.2, 0) is 0 Å². The van der Waals surface area contributed by atoms with Gasteiger partial charge in [0, 0.05) is 42.7 Å². The number of halogens is 1. The SMILES string of the molecule is CCN(CC)c1cc(Nc2ccc(NC(=O)c3ccc([N+](=O)[O-])cc3Cl)cc2)nc(C)n1. The van der Waals surface area contributed by atoms with Crippen LogP contribution < -0.4 is 15.5 Å². The van der Waals surface area contributed by atoms with Crippen LogP contribution in [0.15, 0.2) is 48.5 Å². The number of hydrogen-bond acceptors (Lipinski definition) is 7. The van der Waals surface area contributed by atoms with Gasteiger partial charge in [0.05, 0.1) is 15.5 Å². The molecule has 0 aliphatic heterocycles. The smallest absolute Gasteiger partial charge is 0.270 e. The molecule has 166 valence electrons. The summed E-state index contributed by atoms with van der Waals surface area (Å²) >= 11 is 6.03. The number of nitro benzene ring substituents is 1. The van der Waals surface area contributed by atoms with E-state index in [1.54, 1.807) is 12.1 Å². The molecule has 1 amide bonds. The molecule has 3 aromatic rings. The number of nitrogens with zero attached hydrogens (tertiary/aromatic N) is 4. The van der Waals surface area contributed by atoms with Crippen LogP contribution in [0.25, 0.3) is 0 Å². The van der Waals surface area contributed by atoms with Gasteiger partial charge in [-0.15, -0.1) is 0 Å². The van der Waals surface area contributed by atoms with E-state index >= 15 is 0 Å². The number of amides is 1. The van der Waals surface area contributed by atoms with Crippen molar-refractivity contribution in [1.82, 2.24) is 9.97 Å². The minimum absolute atomic E-state index is 0.0122. The number of hydrogen-bond donors (Lipinski definition) is 2. The van der Waals surface area contributed by atoms with Crippen molar-refractivity contribution in [1.29, 1.82) is 0 Å². The van der Waals surface area contributed by atoms with E-state index in [-0.39, 0.29) is 16.3 Å². The molecule has 32 heavy (non-hydrogen) atoms. The number of nitrogens with one attached hydrogen (secondary N) is 2. The van der Waals surface area contributed by atoms with Gasteiger partial charge in [-0.3, -0.25) is 14.9 Å². The number of benzene rings is 2. The molecule has 0 fully saturated rings. The Bertz CT molecular complexity index is 1130. The molecule has 0 bridgehead atoms. The van der Waals surface area contributed by atoms with Crippen molar-refractivity contribution in [3.05, 3.63) is 75.1 Å². The van der Waals surface area contributed by atoms with Crippen molar-refractivity contribution in [2.45, 2.75) is 20.8 Å². The van der Waals surface area contributed by atoms with E-state index in [1.165, 1.54) is 12.1 Å². The maximum absolute atomic E-state index is 12.5. The Morgan fingerprint density at radius 1 is 1.06 bits per heavy atom. The van der Waals surface area contributed by atoms with Crippen molar-refractivity contribution < 1.29 is 9.72 Å². The summed E-state index contributed by atoms with van der Waals surface area (Å²) in [7, 11) is 0. The predicted octanol–water partition coefficient (Wildman–Crippen LogP) is 5.19. The van der Waals surface area contributed by atoms with Gasteiger partial charge in [0.2, 0.25) is 0 Å². The lowest BCUT2D eigenvalue weighted by atomic mass is 10.2. The Hall–Kier alpha value is -3.72. The molecule has 2 N–H and O–H groups in total. The van der Waals surface area contributed by atoms with E-state index in [2.05, 4.69) is 39.3 Å². The Balaban J connectivity index is 1.71. The highest BCUT2D eigenvalue weighted by Gasteiger charge is 2.15. The van der Waals surface area contributed by atoms with Crippen LogP contribution in [0.1, 0.15) is 30.0 Å². The first kappa shape index (κ1) is 23.0. The third-order valence-electron chi connectivity index (χ3n) is 4.74. The fourth-order valence-electron chi connectivity index (χ4n) is 3.11. The molecule has 9 nitrogen and oxygen atoms in total. The molecule has 2 aromatic carbocycles. The topological polar surface area (TPSA) is 113 Å². The van der Waals surface area contributed by atoms with Crippen LogP contribution in [0.3, 0.4) is 0 Å². The molecule has 1 aromatic heterocycles. The highest BCUT2D eigenvalue weighted by Crippen LogP contribution is 2.25. The number of rotatable bonds is 8. The van der Waals surface area contributed by atoms with Gasteiger partial charge in [0.25, 0.3) is 11.6 Å². The van der Waals surface area contributed by atoms with Crippen LogP contribution in [0.5, 0.6) is 0 Å². The van der Waals surface area contributed by atoms with E-state index in [4.69, 9.17) is 11.6 Å². The van der Waals surface area contributed by atoms with Crippen LogP contribution in [0.2, 0.25) is 5.02 Å². The van der Waals surface area contributed by atoms with Gasteiger partial charge in [-0.2, -0.15) is 0 Å². The highest BCUT2D eigenvalue weighted by molar-refractivity contribution is 6.34. The van der Waals surface area contributed by atoms with E-state index in [0.717, 1.165) is 30.7 Å². The molecule has 0 spiro atoms. The normalized spacial score (nSPS) is 10.5. The number of carbonyl (C=O) groups is 1. The van der Waals surface area contributed by atoms with E-state index < -0.39 is 10.8 Å². The number of carbonyl (C=O) groups excluding carboxylic acids is 1. The van der Waals surface area contributed by atoms with Crippen LogP contribution in [0.4, 0.5) is 28.7 Å². The van der Waals surface area contributed by atoms with Gasteiger partial charge in [-0.1, -0.05) is 11.6 Å². The average molecular weight is 455 g/mol. The van der Waals surface area contributed by atoms with Crippen molar-refractivity contribution in [2.24, 2.45) is 0 Å². The average Bonchev–Trinajstić information content (AvgIpc) is 2.75. The van der Waals surface area contributed by atoms with Crippen molar-refractivity contribution in [3.8, 4) is 0 Å². The van der Waals surface area contributed by atoms with Crippen molar-refractivity contribution in [3.63, 3.8) is 0 Å². The molecule has 0 radical (unpaired) electrons. The maximum atomic E-state index is 12.5. The second kappa shape index (κ2) is 10.1. The molecule has 0 unspecified atom stereocenters. The molecular weight excluding hydrogens is 432 g/mol. The van der Waals surface area contributed by atoms with E-state index in [0.29, 0.717) is 17.3 Å². The standard InChI is InChI=1S/C22H23ClN6O3/c1-4-28(5-2)21-13-20(24-14(3)25-21)26-15-6-8-16(9-7-15)27-22(30)18-11-10-17(29(31)32)12-19(18)23/h6-13H,4-5H2,1-3H3,(H,27,30)(H,24,25,26). The first-order valence-electron chi connectivity index (χ1n) is 10.0. The third kappa shape index (κ3) is 5.50. The number of anilines is 4. The summed E-state index contributed by atoms with van der Waals surface area (Å²) in [5, 5.41) is 16.8. The highest BCUT2D eigenvalue weighted by atomic mass is 35.5. The fourth-order valence-corrected chi connectivity index (χ4v) is 3.37. The van der Waals surface area contributed by atoms with Gasteiger partial charge < -0.3 is 15.5 Å². The summed E-state index contributed by atoms with van der Waals surface area (Å²) in [5.74, 6) is 1.74. The molecule has 0 aliphatic rings. The molecule has 0 saturated carbocycles. The molecule has 0 aliphatic carbocycles. The van der Waals surface area contributed by atoms with Crippen molar-refractivity contribution >= 4 is 46.2 Å². The number of non-ortho nitro benzene ring substituents is 1. The van der Waals surface area contributed by atoms with Crippen molar-refractivity contribution in [2.75, 3.05) is 28.6 Å². The Morgan fingerprint density at radius 2 is 1.72 bits per heavy atom. The summed E-state index contributed by atoms with van der Waals surface area (Å²) in [6.07, 6.45) is 0. The molecule has 0 atom stereocenters. The van der Waals surface area contributed by atoms with E-state index in [1.807, 2.05) is 25.1 Å². The zero-order chi connectivity index (χ0) is 23.3. The first-order chi connectivity index (χ1) is 15.3. The number of aryl methyl sites for hydroxylation is 1. The second-order valence-corrected chi connectivity index (χ2v) is 7.32. The molecule has 0 saturated heterocycles. The Labute approximate surface area is 190 Å². The summed E-state index contributed by atoms with van der Waals surface area (Å²) in [6, 6.07) is 12.7. The predicted molar refractivity (Wildman–Crippen MR) is 126 cm³/mol. The molecule has 10 heteroatoms. The van der Waals surface area contributed by atoms with Crippen LogP contribution >= 0.6 is 11.6 Å². The quantitative estimate of drug-likeness (QED) is 0.355. The molecule has 1 heterocycles. The van der Waals surface area contributed by atoms with Gasteiger partial charge in [0.1, 0.15) is 17.5 Å². The zero-order valence-corrected chi connectivity index (χ0v) is 18.7. The second-order valence-electron chi connectivity index (χ2n) is 6.91. The Morgan fingerprint density at radius 3 is 2.31 bits per heavy atom. The number of nitro groups is 1. The lowest BCUT2D eigenvalue weighted by Crippen LogP contribution is -2.23. The monoisotopic (exact) mass is 454 g/mol. The van der Waals surface area contributed by atoms with Crippen LogP contribution in [-0.4, -0.2) is 33.9 Å². The van der Waals surface area contributed by atoms with E-state index in [9.17, 15) is 14.9 Å². The molecular formula is C22H23ClN6O3. The first-order valence-corrected chi connectivity index (χ1v) is 10.4. The zero-order valence-electron chi connectivity index (χ0n) is 17.9. The summed E-state index contributed by atoms with van der Waals surface area (Å²) in [5.41, 5.74) is 1.32. The molecule has 3 rings (SSSR count). The minimum atomic E-state index is -0.566.